The highest BCUT2D eigenvalue weighted by molar-refractivity contribution is 8.77. The van der Waals surface area contributed by atoms with E-state index in [1.165, 1.54) is 42.8 Å². The van der Waals surface area contributed by atoms with E-state index in [1.54, 1.807) is 42.5 Å². The summed E-state index contributed by atoms with van der Waals surface area (Å²) in [7, 11) is 0.270. The lowest BCUT2D eigenvalue weighted by molar-refractivity contribution is -0.163. The summed E-state index contributed by atoms with van der Waals surface area (Å²) in [5.41, 5.74) is 12.1. The van der Waals surface area contributed by atoms with Crippen LogP contribution in [0.5, 0.6) is 0 Å². The summed E-state index contributed by atoms with van der Waals surface area (Å²) < 4.78 is 32.1. The van der Waals surface area contributed by atoms with Gasteiger partial charge in [-0.15, -0.1) is 0 Å². The number of nitrogens with zero attached hydrogens (tertiary/aromatic N) is 3. The van der Waals surface area contributed by atoms with Crippen LogP contribution in [0, 0.1) is 12.8 Å². The highest BCUT2D eigenvalue weighted by atomic mass is 33.1. The SMILES string of the molecule is CC(=O)[C@@H](N)CCC(=O)C[C@@H](CSS[C@]12C[C@]3(c4ccc(C)cc4)c4ccccc4N(S(=O)(=O)c4ccccc4)[C@@H]3N1C(=O)[C@](C)(SSC[C@H](NC(=O)CC[C@H](N)C(=O)O)C(=O)CCC(=O)O)N(C)C2=O)C(=O)NCC(=O)O. The standard InChI is InChI=1S/C51H61N7O15S5/c1-29-14-16-32(17-15-29)50-28-51(77-74-26-31(44(67)54-25-43(65)66)24-33(60)18-19-36(52)30(2)59)48(71)56(4)49(3,76-75-27-38(40(61)21-23-42(63)64)55-41(62)22-20-37(53)45(68)69)47(70)57(51)46(50)58(39-13-9-8-12-35(39)50)78(72,73)34-10-6-5-7-11-34/h5-17,31,36-38,46H,18-28,52-53H2,1-4H3,(H,54,67)(H,55,62)(H,63,64)(H,65,66)(H,68,69)/t31-,36-,37-,38-,46-,49-,50-,51-/m0/s1. The van der Waals surface area contributed by atoms with Gasteiger partial charge in [0.25, 0.3) is 21.8 Å². The lowest BCUT2D eigenvalue weighted by atomic mass is 9.72. The number of likely N-dealkylation sites (N-methyl/N-ethyl adjacent to an activating group) is 1. The number of nitrogens with two attached hydrogens (primary N) is 2. The maximum Gasteiger partial charge on any atom is 0.322 e. The summed E-state index contributed by atoms with van der Waals surface area (Å²) in [5.74, 6) is -10.3. The number of hydrogen-bond acceptors (Lipinski definition) is 18. The summed E-state index contributed by atoms with van der Waals surface area (Å²) in [4.78, 5) is 131. The molecule has 0 aromatic heterocycles. The number of Topliss-reactive ketones (excluding diaryl/α,β-unsaturated/α-hetero) is 3. The normalized spacial score (nSPS) is 22.1. The third-order valence-corrected chi connectivity index (χ3v) is 21.9. The van der Waals surface area contributed by atoms with E-state index < -0.39 is 141 Å². The van der Waals surface area contributed by atoms with Crippen molar-refractivity contribution < 1.29 is 71.7 Å². The topological polar surface area (TPSA) is 351 Å². The fourth-order valence-electron chi connectivity index (χ4n) is 9.54. The molecule has 22 nitrogen and oxygen atoms in total. The molecule has 0 aliphatic carbocycles. The zero-order valence-electron chi connectivity index (χ0n) is 42.9. The number of piperazine rings is 1. The van der Waals surface area contributed by atoms with Crippen molar-refractivity contribution in [2.45, 2.75) is 116 Å². The number of anilines is 1. The number of carbonyl (C=O) groups excluding carboxylic acids is 7. The molecule has 420 valence electrons. The summed E-state index contributed by atoms with van der Waals surface area (Å²) in [5, 5.41) is 32.9. The Morgan fingerprint density at radius 3 is 2.04 bits per heavy atom. The van der Waals surface area contributed by atoms with Crippen molar-refractivity contribution in [3.8, 4) is 0 Å². The first-order chi connectivity index (χ1) is 36.7. The van der Waals surface area contributed by atoms with E-state index in [9.17, 15) is 53.7 Å². The minimum absolute atomic E-state index is 0.0119. The minimum Gasteiger partial charge on any atom is -0.481 e. The van der Waals surface area contributed by atoms with Crippen LogP contribution in [0.2, 0.25) is 0 Å². The van der Waals surface area contributed by atoms with Gasteiger partial charge in [0, 0.05) is 50.7 Å². The molecule has 4 amide bonds. The van der Waals surface area contributed by atoms with Crippen LogP contribution >= 0.6 is 43.2 Å². The van der Waals surface area contributed by atoms with Gasteiger partial charge in [-0.3, -0.25) is 52.8 Å². The van der Waals surface area contributed by atoms with Crippen LogP contribution in [0.1, 0.15) is 81.9 Å². The van der Waals surface area contributed by atoms with Gasteiger partial charge in [0.2, 0.25) is 11.8 Å². The number of carboxylic acids is 3. The molecule has 0 saturated carbocycles. The van der Waals surface area contributed by atoms with Crippen LogP contribution in [0.4, 0.5) is 5.69 Å². The Hall–Kier alpha value is -5.97. The van der Waals surface area contributed by atoms with Gasteiger partial charge in [-0.25, -0.2) is 12.7 Å². The van der Waals surface area contributed by atoms with Gasteiger partial charge in [0.15, 0.2) is 15.5 Å². The van der Waals surface area contributed by atoms with Crippen LogP contribution < -0.4 is 26.4 Å². The molecule has 8 atom stereocenters. The van der Waals surface area contributed by atoms with Crippen molar-refractivity contribution in [3.05, 3.63) is 95.6 Å². The van der Waals surface area contributed by atoms with Crippen LogP contribution in [0.25, 0.3) is 0 Å². The number of aryl methyl sites for hydroxylation is 1. The first kappa shape index (κ1) is 61.2. The van der Waals surface area contributed by atoms with Crippen molar-refractivity contribution >= 4 is 118 Å². The highest BCUT2D eigenvalue weighted by Crippen LogP contribution is 2.67. The maximum atomic E-state index is 16.3. The van der Waals surface area contributed by atoms with E-state index in [-0.39, 0.29) is 53.6 Å². The molecule has 27 heteroatoms. The van der Waals surface area contributed by atoms with Gasteiger partial charge in [0.1, 0.15) is 30.3 Å². The average Bonchev–Trinajstić information content (AvgIpc) is 4.02. The first-order valence-electron chi connectivity index (χ1n) is 24.5. The van der Waals surface area contributed by atoms with Crippen LogP contribution in [0.15, 0.2) is 83.8 Å². The monoisotopic (exact) mass is 1170 g/mol. The molecule has 0 radical (unpaired) electrons. The molecule has 0 unspecified atom stereocenters. The van der Waals surface area contributed by atoms with E-state index >= 15 is 18.0 Å². The number of nitrogens with one attached hydrogen (secondary N) is 2. The lowest BCUT2D eigenvalue weighted by Crippen LogP contribution is -2.73. The molecule has 2 saturated heterocycles. The summed E-state index contributed by atoms with van der Waals surface area (Å²) in [6, 6.07) is 17.8. The average molecular weight is 1170 g/mol. The first-order valence-corrected chi connectivity index (χ1v) is 30.6. The number of benzene rings is 3. The molecular formula is C51H61N7O15S5. The number of carbonyl (C=O) groups is 10. The van der Waals surface area contributed by atoms with Gasteiger partial charge >= 0.3 is 17.9 Å². The predicted octanol–water partition coefficient (Wildman–Crippen LogP) is 3.28. The van der Waals surface area contributed by atoms with Gasteiger partial charge < -0.3 is 42.3 Å². The number of para-hydroxylation sites is 1. The number of amides is 4. The van der Waals surface area contributed by atoms with E-state index in [0.29, 0.717) is 11.1 Å². The zero-order chi connectivity index (χ0) is 57.5. The number of carboxylic acid groups (broad SMARTS) is 3. The number of sulfonamides is 1. The molecule has 3 aromatic carbocycles. The Kier molecular flexibility index (Phi) is 20.0. The van der Waals surface area contributed by atoms with E-state index in [0.717, 1.165) is 53.0 Å². The van der Waals surface area contributed by atoms with Crippen LogP contribution in [0.3, 0.4) is 0 Å². The third kappa shape index (κ3) is 12.9. The third-order valence-electron chi connectivity index (χ3n) is 13.9. The molecule has 3 aliphatic heterocycles. The van der Waals surface area contributed by atoms with Crippen molar-refractivity contribution in [2.24, 2.45) is 17.4 Å². The summed E-state index contributed by atoms with van der Waals surface area (Å²) in [6.07, 6.45) is -4.14. The second-order valence-corrected chi connectivity index (χ2v) is 26.5. The van der Waals surface area contributed by atoms with Crippen LogP contribution in [-0.2, 0) is 63.4 Å². The molecule has 3 aromatic rings. The fourth-order valence-corrected chi connectivity index (χ4v) is 17.5. The minimum atomic E-state index is -4.64. The second kappa shape index (κ2) is 25.4. The number of aliphatic carboxylic acids is 3. The molecule has 9 N–H and O–H groups in total. The summed E-state index contributed by atoms with van der Waals surface area (Å²) in [6.45, 7) is 3.80. The molecule has 6 rings (SSSR count). The highest BCUT2D eigenvalue weighted by Gasteiger charge is 2.77. The van der Waals surface area contributed by atoms with E-state index in [2.05, 4.69) is 10.6 Å². The van der Waals surface area contributed by atoms with Gasteiger partial charge in [0.05, 0.1) is 40.4 Å². The Morgan fingerprint density at radius 2 is 1.41 bits per heavy atom. The van der Waals surface area contributed by atoms with Gasteiger partial charge in [-0.1, -0.05) is 109 Å². The van der Waals surface area contributed by atoms with Crippen molar-refractivity contribution in [1.82, 2.24) is 20.4 Å². The number of hydrogen-bond donors (Lipinski definition) is 7. The van der Waals surface area contributed by atoms with Gasteiger partial charge in [-0.2, -0.15) is 0 Å². The van der Waals surface area contributed by atoms with Crippen LogP contribution in [-0.4, -0.2) is 152 Å². The van der Waals surface area contributed by atoms with Gasteiger partial charge in [-0.05, 0) is 62.9 Å². The Bertz CT molecular complexity index is 2960. The largest absolute Gasteiger partial charge is 0.481 e. The van der Waals surface area contributed by atoms with Crippen molar-refractivity contribution in [1.29, 1.82) is 0 Å². The molecule has 0 bridgehead atoms. The maximum absolute atomic E-state index is 16.3. The Balaban J connectivity index is 1.47. The Labute approximate surface area is 466 Å². The molecule has 3 heterocycles. The quantitative estimate of drug-likeness (QED) is 0.0490. The molecular weight excluding hydrogens is 1110 g/mol. The number of ketones is 3. The fraction of sp³-hybridized carbons (Fsp3) is 0.451. The molecule has 3 aliphatic rings. The Morgan fingerprint density at radius 1 is 0.782 bits per heavy atom. The zero-order valence-corrected chi connectivity index (χ0v) is 47.0. The number of rotatable bonds is 29. The lowest BCUT2D eigenvalue weighted by Gasteiger charge is -2.53. The van der Waals surface area contributed by atoms with E-state index in [4.69, 9.17) is 11.5 Å². The van der Waals surface area contributed by atoms with Crippen molar-refractivity contribution in [3.63, 3.8) is 0 Å². The smallest absolute Gasteiger partial charge is 0.322 e. The van der Waals surface area contributed by atoms with E-state index in [1.807, 2.05) is 31.2 Å². The molecule has 0 spiro atoms. The summed E-state index contributed by atoms with van der Waals surface area (Å²) >= 11 is 0. The van der Waals surface area contributed by atoms with Crippen molar-refractivity contribution in [2.75, 3.05) is 29.4 Å². The predicted molar refractivity (Wildman–Crippen MR) is 294 cm³/mol. The number of fused-ring (bicyclic) bond motifs is 5. The molecule has 78 heavy (non-hydrogen) atoms. The second-order valence-electron chi connectivity index (χ2n) is 19.3. The molecule has 2 fully saturated rings.